The Hall–Kier alpha value is -3.04. The highest BCUT2D eigenvalue weighted by atomic mass is 19.4. The average Bonchev–Trinajstić information content (AvgIpc) is 3.21. The van der Waals surface area contributed by atoms with Crippen LogP contribution in [0, 0.1) is 5.92 Å². The van der Waals surface area contributed by atoms with Crippen LogP contribution >= 0.6 is 0 Å². The zero-order valence-corrected chi connectivity index (χ0v) is 16.3. The van der Waals surface area contributed by atoms with Gasteiger partial charge in [0, 0.05) is 18.7 Å². The molecule has 2 heterocycles. The molecule has 0 unspecified atom stereocenters. The molecule has 1 amide bonds. The third-order valence-corrected chi connectivity index (χ3v) is 4.73. The van der Waals surface area contributed by atoms with Crippen LogP contribution in [0.5, 0.6) is 0 Å². The first kappa shape index (κ1) is 21.7. The Morgan fingerprint density at radius 2 is 1.83 bits per heavy atom. The van der Waals surface area contributed by atoms with Crippen molar-refractivity contribution in [1.82, 2.24) is 9.88 Å². The number of ether oxygens (including phenoxy) is 2. The molecule has 1 aromatic carbocycles. The van der Waals surface area contributed by atoms with E-state index >= 15 is 0 Å². The van der Waals surface area contributed by atoms with Gasteiger partial charge < -0.3 is 18.8 Å². The lowest BCUT2D eigenvalue weighted by molar-refractivity contribution is -0.151. The molecule has 162 valence electrons. The standard InChI is InChI=1S/C20H21F3N2O5/c1-2-28-19(27)25-9-7-14(8-10-25)18(26)30-12-16-11-29-17(24-16)13-3-5-15(6-4-13)20(21,22)23/h3-6,11,14H,2,7-10,12H2,1H3. The van der Waals surface area contributed by atoms with Gasteiger partial charge in [0.05, 0.1) is 18.1 Å². The van der Waals surface area contributed by atoms with Crippen molar-refractivity contribution >= 4 is 12.1 Å². The average molecular weight is 426 g/mol. The van der Waals surface area contributed by atoms with Crippen molar-refractivity contribution < 1.29 is 36.7 Å². The zero-order chi connectivity index (χ0) is 21.7. The molecule has 1 aliphatic rings. The normalized spacial score (nSPS) is 15.1. The molecule has 3 rings (SSSR count). The van der Waals surface area contributed by atoms with Crippen molar-refractivity contribution in [2.24, 2.45) is 5.92 Å². The first-order valence-electron chi connectivity index (χ1n) is 9.48. The summed E-state index contributed by atoms with van der Waals surface area (Å²) in [6.45, 7) is 2.75. The van der Waals surface area contributed by atoms with Gasteiger partial charge in [0.25, 0.3) is 0 Å². The van der Waals surface area contributed by atoms with E-state index in [4.69, 9.17) is 13.9 Å². The van der Waals surface area contributed by atoms with Crippen LogP contribution < -0.4 is 0 Å². The van der Waals surface area contributed by atoms with Gasteiger partial charge in [0.1, 0.15) is 18.6 Å². The lowest BCUT2D eigenvalue weighted by atomic mass is 9.97. The molecule has 1 saturated heterocycles. The first-order chi connectivity index (χ1) is 14.3. The van der Waals surface area contributed by atoms with Crippen molar-refractivity contribution in [3.63, 3.8) is 0 Å². The summed E-state index contributed by atoms with van der Waals surface area (Å²) in [4.78, 5) is 29.7. The van der Waals surface area contributed by atoms with Crippen LogP contribution in [0.15, 0.2) is 34.9 Å². The molecule has 0 N–H and O–H groups in total. The number of likely N-dealkylation sites (tertiary alicyclic amines) is 1. The summed E-state index contributed by atoms with van der Waals surface area (Å²) in [5.74, 6) is -0.577. The van der Waals surface area contributed by atoms with Crippen molar-refractivity contribution in [3.05, 3.63) is 41.8 Å². The van der Waals surface area contributed by atoms with Gasteiger partial charge in [-0.2, -0.15) is 13.2 Å². The number of esters is 1. The molecule has 1 aliphatic heterocycles. The maximum absolute atomic E-state index is 12.6. The van der Waals surface area contributed by atoms with Crippen LogP contribution in [0.1, 0.15) is 31.0 Å². The van der Waals surface area contributed by atoms with Gasteiger partial charge in [0.15, 0.2) is 0 Å². The molecule has 10 heteroatoms. The van der Waals surface area contributed by atoms with Crippen LogP contribution in [0.25, 0.3) is 11.5 Å². The van der Waals surface area contributed by atoms with E-state index in [0.717, 1.165) is 12.1 Å². The summed E-state index contributed by atoms with van der Waals surface area (Å²) in [6, 6.07) is 4.42. The molecule has 0 spiro atoms. The number of alkyl halides is 3. The smallest absolute Gasteiger partial charge is 0.416 e. The van der Waals surface area contributed by atoms with Crippen LogP contribution in [0.4, 0.5) is 18.0 Å². The maximum Gasteiger partial charge on any atom is 0.416 e. The maximum atomic E-state index is 12.6. The topological polar surface area (TPSA) is 81.9 Å². The number of oxazole rings is 1. The molecule has 1 fully saturated rings. The predicted octanol–water partition coefficient (Wildman–Crippen LogP) is 4.27. The molecule has 0 aliphatic carbocycles. The minimum Gasteiger partial charge on any atom is -0.459 e. The van der Waals surface area contributed by atoms with Gasteiger partial charge in [0.2, 0.25) is 5.89 Å². The van der Waals surface area contributed by atoms with E-state index < -0.39 is 17.7 Å². The fraction of sp³-hybridized carbons (Fsp3) is 0.450. The highest BCUT2D eigenvalue weighted by Gasteiger charge is 2.30. The summed E-state index contributed by atoms with van der Waals surface area (Å²) in [5.41, 5.74) is -0.0323. The molecule has 0 saturated carbocycles. The molecular formula is C20H21F3N2O5. The van der Waals surface area contributed by atoms with Crippen LogP contribution in [0.2, 0.25) is 0 Å². The molecule has 1 aromatic heterocycles. The van der Waals surface area contributed by atoms with Crippen molar-refractivity contribution in [1.29, 1.82) is 0 Å². The van der Waals surface area contributed by atoms with Crippen molar-refractivity contribution in [3.8, 4) is 11.5 Å². The number of hydrogen-bond acceptors (Lipinski definition) is 6. The summed E-state index contributed by atoms with van der Waals surface area (Å²) < 4.78 is 53.4. The largest absolute Gasteiger partial charge is 0.459 e. The van der Waals surface area contributed by atoms with E-state index in [2.05, 4.69) is 4.98 Å². The van der Waals surface area contributed by atoms with E-state index in [1.54, 1.807) is 11.8 Å². The quantitative estimate of drug-likeness (QED) is 0.664. The lowest BCUT2D eigenvalue weighted by Gasteiger charge is -2.29. The van der Waals surface area contributed by atoms with Crippen LogP contribution in [-0.2, 0) is 27.1 Å². The Kier molecular flexibility index (Phi) is 6.63. The van der Waals surface area contributed by atoms with Crippen LogP contribution in [-0.4, -0.2) is 41.6 Å². The van der Waals surface area contributed by atoms with Gasteiger partial charge in [-0.25, -0.2) is 9.78 Å². The number of piperidine rings is 1. The third-order valence-electron chi connectivity index (χ3n) is 4.73. The molecular weight excluding hydrogens is 405 g/mol. The van der Waals surface area contributed by atoms with E-state index in [9.17, 15) is 22.8 Å². The number of benzene rings is 1. The molecule has 0 bridgehead atoms. The van der Waals surface area contributed by atoms with Gasteiger partial charge in [-0.3, -0.25) is 4.79 Å². The van der Waals surface area contributed by atoms with Gasteiger partial charge >= 0.3 is 18.2 Å². The van der Waals surface area contributed by atoms with Crippen molar-refractivity contribution in [2.75, 3.05) is 19.7 Å². The number of hydrogen-bond donors (Lipinski definition) is 0. The fourth-order valence-corrected chi connectivity index (χ4v) is 3.08. The number of aromatic nitrogens is 1. The zero-order valence-electron chi connectivity index (χ0n) is 16.3. The molecule has 0 atom stereocenters. The minimum absolute atomic E-state index is 0.110. The number of amides is 1. The predicted molar refractivity (Wildman–Crippen MR) is 98.1 cm³/mol. The monoisotopic (exact) mass is 426 g/mol. The number of carbonyl (C=O) groups is 2. The lowest BCUT2D eigenvalue weighted by Crippen LogP contribution is -2.40. The number of halogens is 3. The highest BCUT2D eigenvalue weighted by molar-refractivity contribution is 5.73. The Bertz CT molecular complexity index is 871. The van der Waals surface area contributed by atoms with E-state index in [1.165, 1.54) is 18.4 Å². The number of nitrogens with zero attached hydrogens (tertiary/aromatic N) is 2. The second-order valence-electron chi connectivity index (χ2n) is 6.79. The van der Waals surface area contributed by atoms with Gasteiger partial charge in [-0.15, -0.1) is 0 Å². The molecule has 0 radical (unpaired) electrons. The first-order valence-corrected chi connectivity index (χ1v) is 9.48. The Labute approximate surface area is 170 Å². The molecule has 2 aromatic rings. The third kappa shape index (κ3) is 5.31. The Morgan fingerprint density at radius 1 is 1.17 bits per heavy atom. The number of rotatable bonds is 5. The number of carbonyl (C=O) groups excluding carboxylic acids is 2. The van der Waals surface area contributed by atoms with Gasteiger partial charge in [-0.1, -0.05) is 0 Å². The summed E-state index contributed by atoms with van der Waals surface area (Å²) in [7, 11) is 0. The Morgan fingerprint density at radius 3 is 2.43 bits per heavy atom. The summed E-state index contributed by atoms with van der Waals surface area (Å²) >= 11 is 0. The second kappa shape index (κ2) is 9.19. The molecule has 7 nitrogen and oxygen atoms in total. The second-order valence-corrected chi connectivity index (χ2v) is 6.79. The summed E-state index contributed by atoms with van der Waals surface area (Å²) in [6.07, 6.45) is -2.55. The van der Waals surface area contributed by atoms with E-state index in [-0.39, 0.29) is 24.5 Å². The minimum atomic E-state index is -4.42. The highest BCUT2D eigenvalue weighted by Crippen LogP contribution is 2.31. The Balaban J connectivity index is 1.50. The fourth-order valence-electron chi connectivity index (χ4n) is 3.08. The van der Waals surface area contributed by atoms with Crippen molar-refractivity contribution in [2.45, 2.75) is 32.5 Å². The summed E-state index contributed by atoms with van der Waals surface area (Å²) in [5, 5.41) is 0. The SMILES string of the molecule is CCOC(=O)N1CCC(C(=O)OCc2coc(-c3ccc(C(F)(F)F)cc3)n2)CC1. The van der Waals surface area contributed by atoms with E-state index in [1.807, 2.05) is 0 Å². The van der Waals surface area contributed by atoms with E-state index in [0.29, 0.717) is 43.8 Å². The van der Waals surface area contributed by atoms with Gasteiger partial charge in [-0.05, 0) is 44.0 Å². The van der Waals surface area contributed by atoms with Crippen LogP contribution in [0.3, 0.4) is 0 Å². The molecule has 30 heavy (non-hydrogen) atoms.